The average Bonchev–Trinajstić information content (AvgIpc) is 2.41. The van der Waals surface area contributed by atoms with Crippen LogP contribution in [0.15, 0.2) is 48.7 Å². The Labute approximate surface area is 98.7 Å². The van der Waals surface area contributed by atoms with Gasteiger partial charge in [-0.25, -0.2) is 5.43 Å². The number of carbonyl (C=O) groups excluding carboxylic acids is 1. The Bertz CT molecular complexity index is 554. The molecule has 1 aromatic heterocycles. The first-order chi connectivity index (χ1) is 8.36. The van der Waals surface area contributed by atoms with Crippen molar-refractivity contribution in [1.29, 1.82) is 0 Å². The lowest BCUT2D eigenvalue weighted by molar-refractivity contribution is 0.0911. The minimum atomic E-state index is -0.139. The van der Waals surface area contributed by atoms with Gasteiger partial charge in [0.15, 0.2) is 0 Å². The summed E-state index contributed by atoms with van der Waals surface area (Å²) < 4.78 is 0. The highest BCUT2D eigenvalue weighted by molar-refractivity contribution is 5.96. The summed E-state index contributed by atoms with van der Waals surface area (Å²) in [5.41, 5.74) is 8.10. The fraction of sp³-hybridized carbons (Fsp3) is 0.0769. The number of nitrogens with one attached hydrogen (secondary N) is 2. The molecule has 1 amide bonds. The van der Waals surface area contributed by atoms with Gasteiger partial charge in [0.05, 0.1) is 17.3 Å². The molecular formula is C13H11N3O. The molecule has 1 unspecified atom stereocenters. The first-order valence-corrected chi connectivity index (χ1v) is 5.42. The molecule has 0 bridgehead atoms. The highest BCUT2D eigenvalue weighted by Crippen LogP contribution is 2.24. The Morgan fingerprint density at radius 2 is 1.88 bits per heavy atom. The van der Waals surface area contributed by atoms with Crippen molar-refractivity contribution in [2.45, 2.75) is 6.04 Å². The van der Waals surface area contributed by atoms with Crippen molar-refractivity contribution in [3.8, 4) is 0 Å². The van der Waals surface area contributed by atoms with E-state index in [2.05, 4.69) is 15.8 Å². The zero-order chi connectivity index (χ0) is 11.7. The summed E-state index contributed by atoms with van der Waals surface area (Å²) in [5.74, 6) is -0.139. The Hall–Kier alpha value is -2.20. The Kier molecular flexibility index (Phi) is 2.34. The largest absolute Gasteiger partial charge is 0.286 e. The Morgan fingerprint density at radius 1 is 1.06 bits per heavy atom. The van der Waals surface area contributed by atoms with Crippen molar-refractivity contribution in [2.24, 2.45) is 0 Å². The standard InChI is InChI=1S/C13H11N3O/c17-13-10-7-4-8-14-12(10)11(15-16-13)9-5-2-1-3-6-9/h1-8,11,15H,(H,16,17). The third-order valence-corrected chi connectivity index (χ3v) is 2.82. The van der Waals surface area contributed by atoms with Crippen LogP contribution in [0.5, 0.6) is 0 Å². The molecule has 84 valence electrons. The molecule has 4 heteroatoms. The van der Waals surface area contributed by atoms with Crippen molar-refractivity contribution in [3.63, 3.8) is 0 Å². The van der Waals surface area contributed by atoms with E-state index in [4.69, 9.17) is 0 Å². The molecule has 2 heterocycles. The molecule has 3 rings (SSSR count). The predicted octanol–water partition coefficient (Wildman–Crippen LogP) is 1.42. The molecular weight excluding hydrogens is 214 g/mol. The maximum atomic E-state index is 11.6. The highest BCUT2D eigenvalue weighted by atomic mass is 16.2. The number of hydrogen-bond donors (Lipinski definition) is 2. The van der Waals surface area contributed by atoms with Crippen LogP contribution in [0.3, 0.4) is 0 Å². The van der Waals surface area contributed by atoms with Crippen LogP contribution in [-0.4, -0.2) is 10.9 Å². The summed E-state index contributed by atoms with van der Waals surface area (Å²) in [6, 6.07) is 13.4. The first-order valence-electron chi connectivity index (χ1n) is 5.42. The fourth-order valence-corrected chi connectivity index (χ4v) is 2.00. The Morgan fingerprint density at radius 3 is 2.71 bits per heavy atom. The molecule has 0 saturated heterocycles. The second-order valence-corrected chi connectivity index (χ2v) is 3.88. The number of hydrazine groups is 1. The lowest BCUT2D eigenvalue weighted by Gasteiger charge is -2.25. The van der Waals surface area contributed by atoms with Crippen LogP contribution in [0.1, 0.15) is 27.7 Å². The van der Waals surface area contributed by atoms with Gasteiger partial charge in [-0.3, -0.25) is 15.2 Å². The smallest absolute Gasteiger partial charge is 0.267 e. The van der Waals surface area contributed by atoms with E-state index < -0.39 is 0 Å². The van der Waals surface area contributed by atoms with Crippen molar-refractivity contribution in [3.05, 3.63) is 65.5 Å². The monoisotopic (exact) mass is 225 g/mol. The van der Waals surface area contributed by atoms with Crippen molar-refractivity contribution >= 4 is 5.91 Å². The van der Waals surface area contributed by atoms with Gasteiger partial charge in [-0.15, -0.1) is 0 Å². The minimum Gasteiger partial charge on any atom is -0.286 e. The van der Waals surface area contributed by atoms with E-state index in [0.717, 1.165) is 11.3 Å². The molecule has 0 aliphatic carbocycles. The van der Waals surface area contributed by atoms with E-state index in [1.165, 1.54) is 0 Å². The highest BCUT2D eigenvalue weighted by Gasteiger charge is 2.26. The number of fused-ring (bicyclic) bond motifs is 1. The molecule has 0 spiro atoms. The van der Waals surface area contributed by atoms with Gasteiger partial charge in [-0.2, -0.15) is 0 Å². The van der Waals surface area contributed by atoms with Gasteiger partial charge in [-0.05, 0) is 17.7 Å². The van der Waals surface area contributed by atoms with E-state index in [9.17, 15) is 4.79 Å². The summed E-state index contributed by atoms with van der Waals surface area (Å²) in [6.45, 7) is 0. The van der Waals surface area contributed by atoms with Crippen LogP contribution < -0.4 is 10.9 Å². The summed E-state index contributed by atoms with van der Waals surface area (Å²) >= 11 is 0. The molecule has 1 aliphatic rings. The number of carbonyl (C=O) groups is 1. The predicted molar refractivity (Wildman–Crippen MR) is 63.1 cm³/mol. The lowest BCUT2D eigenvalue weighted by Crippen LogP contribution is -2.46. The first kappa shape index (κ1) is 9.99. The summed E-state index contributed by atoms with van der Waals surface area (Å²) in [7, 11) is 0. The van der Waals surface area contributed by atoms with Crippen LogP contribution >= 0.6 is 0 Å². The number of hydrogen-bond acceptors (Lipinski definition) is 3. The van der Waals surface area contributed by atoms with Crippen molar-refractivity contribution < 1.29 is 4.79 Å². The van der Waals surface area contributed by atoms with Gasteiger partial charge < -0.3 is 0 Å². The minimum absolute atomic E-state index is 0.0925. The quantitative estimate of drug-likeness (QED) is 0.771. The number of aromatic nitrogens is 1. The summed E-state index contributed by atoms with van der Waals surface area (Å²) in [4.78, 5) is 16.0. The summed E-state index contributed by atoms with van der Waals surface area (Å²) in [5, 5.41) is 0. The zero-order valence-corrected chi connectivity index (χ0v) is 9.05. The van der Waals surface area contributed by atoms with E-state index in [-0.39, 0.29) is 11.9 Å². The molecule has 0 saturated carbocycles. The number of pyridine rings is 1. The maximum absolute atomic E-state index is 11.6. The molecule has 1 atom stereocenters. The van der Waals surface area contributed by atoms with Crippen LogP contribution in [0.25, 0.3) is 0 Å². The molecule has 4 nitrogen and oxygen atoms in total. The molecule has 2 N–H and O–H groups in total. The fourth-order valence-electron chi connectivity index (χ4n) is 2.00. The van der Waals surface area contributed by atoms with Crippen LogP contribution in [0, 0.1) is 0 Å². The average molecular weight is 225 g/mol. The van der Waals surface area contributed by atoms with Crippen LogP contribution in [-0.2, 0) is 0 Å². The second kappa shape index (κ2) is 3.99. The van der Waals surface area contributed by atoms with Gasteiger partial charge in [-0.1, -0.05) is 30.3 Å². The number of amides is 1. The number of benzene rings is 1. The molecule has 17 heavy (non-hydrogen) atoms. The topological polar surface area (TPSA) is 54.0 Å². The van der Waals surface area contributed by atoms with Crippen molar-refractivity contribution in [2.75, 3.05) is 0 Å². The second-order valence-electron chi connectivity index (χ2n) is 3.88. The molecule has 2 aromatic rings. The molecule has 0 fully saturated rings. The third kappa shape index (κ3) is 1.68. The van der Waals surface area contributed by atoms with E-state index >= 15 is 0 Å². The normalized spacial score (nSPS) is 18.4. The van der Waals surface area contributed by atoms with Crippen LogP contribution in [0.2, 0.25) is 0 Å². The zero-order valence-electron chi connectivity index (χ0n) is 9.05. The molecule has 1 aliphatic heterocycles. The molecule has 1 aromatic carbocycles. The van der Waals surface area contributed by atoms with E-state index in [1.54, 1.807) is 18.3 Å². The van der Waals surface area contributed by atoms with Gasteiger partial charge in [0.1, 0.15) is 0 Å². The third-order valence-electron chi connectivity index (χ3n) is 2.82. The van der Waals surface area contributed by atoms with Gasteiger partial charge in [0.25, 0.3) is 5.91 Å². The molecule has 0 radical (unpaired) electrons. The lowest BCUT2D eigenvalue weighted by atomic mass is 9.98. The van der Waals surface area contributed by atoms with Crippen molar-refractivity contribution in [1.82, 2.24) is 15.8 Å². The van der Waals surface area contributed by atoms with Crippen LogP contribution in [0.4, 0.5) is 0 Å². The van der Waals surface area contributed by atoms with E-state index in [0.29, 0.717) is 5.56 Å². The maximum Gasteiger partial charge on any atom is 0.267 e. The summed E-state index contributed by atoms with van der Waals surface area (Å²) in [6.07, 6.45) is 1.70. The van der Waals surface area contributed by atoms with Gasteiger partial charge >= 0.3 is 0 Å². The Balaban J connectivity index is 2.10. The SMILES string of the molecule is O=C1NNC(c2ccccc2)c2ncccc21. The number of rotatable bonds is 1. The van der Waals surface area contributed by atoms with E-state index in [1.807, 2.05) is 30.3 Å². The number of nitrogens with zero attached hydrogens (tertiary/aromatic N) is 1. The van der Waals surface area contributed by atoms with Gasteiger partial charge in [0, 0.05) is 6.20 Å². The van der Waals surface area contributed by atoms with Gasteiger partial charge in [0.2, 0.25) is 0 Å².